The molecule has 0 aromatic heterocycles. The van der Waals surface area contributed by atoms with E-state index in [2.05, 4.69) is 10.2 Å². The Morgan fingerprint density at radius 3 is 2.47 bits per heavy atom. The summed E-state index contributed by atoms with van der Waals surface area (Å²) in [6, 6.07) is 11.5. The molecule has 162 valence electrons. The number of carbonyl (C=O) groups excluding carboxylic acids is 1. The van der Waals surface area contributed by atoms with Gasteiger partial charge in [0, 0.05) is 24.7 Å². The first kappa shape index (κ1) is 22.2. The summed E-state index contributed by atoms with van der Waals surface area (Å²) in [6.45, 7) is 8.78. The van der Waals surface area contributed by atoms with Crippen molar-refractivity contribution in [3.05, 3.63) is 70.8 Å². The number of nitrogens with zero attached hydrogens (tertiary/aromatic N) is 1. The van der Waals surface area contributed by atoms with Crippen LogP contribution < -0.4 is 5.32 Å². The lowest BCUT2D eigenvalue weighted by Crippen LogP contribution is -2.47. The predicted molar refractivity (Wildman–Crippen MR) is 113 cm³/mol. The molecule has 3 rings (SSSR count). The van der Waals surface area contributed by atoms with Crippen molar-refractivity contribution in [3.63, 3.8) is 0 Å². The number of hydrogen-bond donors (Lipinski definition) is 1. The summed E-state index contributed by atoms with van der Waals surface area (Å²) in [6.07, 6.45) is 0.636. The summed E-state index contributed by atoms with van der Waals surface area (Å²) in [5, 5.41) is 2.81. The van der Waals surface area contributed by atoms with Crippen LogP contribution in [0.25, 0.3) is 0 Å². The standard InChI is InChI=1S/C24H30F2N2O2/c1-16(30-23(29)27-24(2,3)4)14-28-15-18-7-10-21(26)12-19(18)13-22(28)11-17-5-8-20(25)9-6-17/h5-10,12,16,22H,11,13-15H2,1-4H3,(H,27,29)/t16?,22-/m0/s1. The quantitative estimate of drug-likeness (QED) is 0.758. The van der Waals surface area contributed by atoms with Gasteiger partial charge in [-0.15, -0.1) is 0 Å². The topological polar surface area (TPSA) is 41.6 Å². The van der Waals surface area contributed by atoms with Gasteiger partial charge in [0.25, 0.3) is 0 Å². The van der Waals surface area contributed by atoms with Crippen molar-refractivity contribution in [3.8, 4) is 0 Å². The summed E-state index contributed by atoms with van der Waals surface area (Å²) >= 11 is 0. The lowest BCUT2D eigenvalue weighted by molar-refractivity contribution is 0.0548. The number of ether oxygens (including phenoxy) is 1. The van der Waals surface area contributed by atoms with E-state index in [-0.39, 0.29) is 29.3 Å². The molecule has 2 atom stereocenters. The summed E-state index contributed by atoms with van der Waals surface area (Å²) in [7, 11) is 0. The molecular weight excluding hydrogens is 386 g/mol. The van der Waals surface area contributed by atoms with E-state index in [1.54, 1.807) is 18.2 Å². The minimum atomic E-state index is -0.440. The molecule has 1 amide bonds. The third-order valence-electron chi connectivity index (χ3n) is 5.18. The molecule has 30 heavy (non-hydrogen) atoms. The number of fused-ring (bicyclic) bond motifs is 1. The van der Waals surface area contributed by atoms with Crippen LogP contribution >= 0.6 is 0 Å². The Morgan fingerprint density at radius 1 is 1.13 bits per heavy atom. The average molecular weight is 417 g/mol. The monoisotopic (exact) mass is 416 g/mol. The van der Waals surface area contributed by atoms with E-state index >= 15 is 0 Å². The van der Waals surface area contributed by atoms with Gasteiger partial charge in [0.1, 0.15) is 17.7 Å². The SMILES string of the molecule is CC(CN1Cc2ccc(F)cc2C[C@@H]1Cc1ccc(F)cc1)OC(=O)NC(C)(C)C. The third-order valence-corrected chi connectivity index (χ3v) is 5.18. The zero-order valence-electron chi connectivity index (χ0n) is 18.0. The van der Waals surface area contributed by atoms with Crippen molar-refractivity contribution in [1.82, 2.24) is 10.2 Å². The Bertz CT molecular complexity index is 878. The highest BCUT2D eigenvalue weighted by Crippen LogP contribution is 2.27. The van der Waals surface area contributed by atoms with Gasteiger partial charge in [-0.05, 0) is 81.5 Å². The van der Waals surface area contributed by atoms with Gasteiger partial charge in [-0.2, -0.15) is 0 Å². The van der Waals surface area contributed by atoms with Gasteiger partial charge in [0.2, 0.25) is 0 Å². The lowest BCUT2D eigenvalue weighted by atomic mass is 9.90. The van der Waals surface area contributed by atoms with Crippen molar-refractivity contribution in [2.75, 3.05) is 6.54 Å². The number of rotatable bonds is 5. The van der Waals surface area contributed by atoms with Crippen molar-refractivity contribution in [2.24, 2.45) is 0 Å². The maximum Gasteiger partial charge on any atom is 0.407 e. The molecule has 0 aliphatic carbocycles. The van der Waals surface area contributed by atoms with Crippen molar-refractivity contribution >= 4 is 6.09 Å². The molecule has 0 radical (unpaired) electrons. The van der Waals surface area contributed by atoms with Crippen LogP contribution in [0.1, 0.15) is 44.4 Å². The molecule has 6 heteroatoms. The number of nitrogens with one attached hydrogen (secondary N) is 1. The Kier molecular flexibility index (Phi) is 6.76. The van der Waals surface area contributed by atoms with Gasteiger partial charge in [0.15, 0.2) is 0 Å². The minimum absolute atomic E-state index is 0.0986. The minimum Gasteiger partial charge on any atom is -0.445 e. The van der Waals surface area contributed by atoms with Crippen molar-refractivity contribution < 1.29 is 18.3 Å². The van der Waals surface area contributed by atoms with Crippen LogP contribution in [0.4, 0.5) is 13.6 Å². The fraction of sp³-hybridized carbons (Fsp3) is 0.458. The average Bonchev–Trinajstić information content (AvgIpc) is 2.62. The van der Waals surface area contributed by atoms with E-state index in [4.69, 9.17) is 4.74 Å². The summed E-state index contributed by atoms with van der Waals surface area (Å²) in [5.41, 5.74) is 2.73. The van der Waals surface area contributed by atoms with Gasteiger partial charge in [-0.1, -0.05) is 18.2 Å². The van der Waals surface area contributed by atoms with Crippen LogP contribution in [0.15, 0.2) is 42.5 Å². The highest BCUT2D eigenvalue weighted by molar-refractivity contribution is 5.68. The van der Waals surface area contributed by atoms with Gasteiger partial charge in [-0.3, -0.25) is 4.90 Å². The molecule has 1 aliphatic heterocycles. The number of carbonyl (C=O) groups is 1. The Balaban J connectivity index is 1.73. The number of amides is 1. The first-order valence-corrected chi connectivity index (χ1v) is 10.3. The molecule has 1 aliphatic rings. The van der Waals surface area contributed by atoms with E-state index in [1.165, 1.54) is 18.2 Å². The van der Waals surface area contributed by atoms with Crippen LogP contribution in [-0.2, 0) is 24.1 Å². The second kappa shape index (κ2) is 9.13. The van der Waals surface area contributed by atoms with E-state index in [0.717, 1.165) is 16.7 Å². The number of alkyl carbamates (subject to hydrolysis) is 1. The molecule has 0 spiro atoms. The molecule has 1 unspecified atom stereocenters. The molecule has 1 heterocycles. The van der Waals surface area contributed by atoms with Crippen LogP contribution in [-0.4, -0.2) is 35.2 Å². The van der Waals surface area contributed by atoms with Crippen molar-refractivity contribution in [1.29, 1.82) is 0 Å². The fourth-order valence-corrected chi connectivity index (χ4v) is 3.86. The maximum absolute atomic E-state index is 13.8. The van der Waals surface area contributed by atoms with Gasteiger partial charge >= 0.3 is 6.09 Å². The first-order valence-electron chi connectivity index (χ1n) is 10.3. The fourth-order valence-electron chi connectivity index (χ4n) is 3.86. The van der Waals surface area contributed by atoms with Gasteiger partial charge < -0.3 is 10.1 Å². The molecule has 0 fully saturated rings. The Labute approximate surface area is 177 Å². The van der Waals surface area contributed by atoms with Crippen LogP contribution in [0.2, 0.25) is 0 Å². The highest BCUT2D eigenvalue weighted by atomic mass is 19.1. The highest BCUT2D eigenvalue weighted by Gasteiger charge is 2.29. The molecule has 2 aromatic rings. The molecular formula is C24H30F2N2O2. The number of benzene rings is 2. The number of hydrogen-bond acceptors (Lipinski definition) is 3. The van der Waals surface area contributed by atoms with E-state index in [0.29, 0.717) is 25.9 Å². The molecule has 0 saturated heterocycles. The molecule has 4 nitrogen and oxygen atoms in total. The molecule has 0 saturated carbocycles. The zero-order valence-corrected chi connectivity index (χ0v) is 18.0. The second-order valence-corrected chi connectivity index (χ2v) is 9.12. The van der Waals surface area contributed by atoms with Gasteiger partial charge in [0.05, 0.1) is 0 Å². The summed E-state index contributed by atoms with van der Waals surface area (Å²) in [4.78, 5) is 14.4. The summed E-state index contributed by atoms with van der Waals surface area (Å²) < 4.78 is 32.6. The van der Waals surface area contributed by atoms with E-state index < -0.39 is 6.09 Å². The van der Waals surface area contributed by atoms with E-state index in [1.807, 2.05) is 33.8 Å². The Hall–Kier alpha value is -2.47. The van der Waals surface area contributed by atoms with E-state index in [9.17, 15) is 13.6 Å². The smallest absolute Gasteiger partial charge is 0.407 e. The lowest BCUT2D eigenvalue weighted by Gasteiger charge is -2.38. The third kappa shape index (κ3) is 6.26. The van der Waals surface area contributed by atoms with Gasteiger partial charge in [-0.25, -0.2) is 13.6 Å². The largest absolute Gasteiger partial charge is 0.445 e. The normalized spacial score (nSPS) is 17.9. The maximum atomic E-state index is 13.8. The second-order valence-electron chi connectivity index (χ2n) is 9.12. The zero-order chi connectivity index (χ0) is 21.9. The first-order chi connectivity index (χ1) is 14.1. The predicted octanol–water partition coefficient (Wildman–Crippen LogP) is 4.85. The van der Waals surface area contributed by atoms with Crippen LogP contribution in [0, 0.1) is 11.6 Å². The van der Waals surface area contributed by atoms with Crippen LogP contribution in [0.5, 0.6) is 0 Å². The Morgan fingerprint density at radius 2 is 1.80 bits per heavy atom. The number of halogens is 2. The molecule has 1 N–H and O–H groups in total. The molecule has 2 aromatic carbocycles. The molecule has 0 bridgehead atoms. The van der Waals surface area contributed by atoms with Crippen molar-refractivity contribution in [2.45, 2.75) is 64.8 Å². The van der Waals surface area contributed by atoms with Crippen LogP contribution in [0.3, 0.4) is 0 Å². The summed E-state index contributed by atoms with van der Waals surface area (Å²) in [5.74, 6) is -0.503.